The van der Waals surface area contributed by atoms with Gasteiger partial charge in [-0.15, -0.1) is 0 Å². The SMILES string of the molecule is CC(CNCCC(c1ccccc1)c1ccccc1)CC1CCCCCCC1. The van der Waals surface area contributed by atoms with Gasteiger partial charge < -0.3 is 5.32 Å². The molecule has 0 heterocycles. The Morgan fingerprint density at radius 3 is 1.89 bits per heavy atom. The molecule has 1 fully saturated rings. The van der Waals surface area contributed by atoms with Gasteiger partial charge in [0.15, 0.2) is 0 Å². The van der Waals surface area contributed by atoms with Crippen LogP contribution in [0.2, 0.25) is 0 Å². The van der Waals surface area contributed by atoms with E-state index in [1.165, 1.54) is 62.5 Å². The number of rotatable bonds is 9. The molecule has 2 aromatic rings. The maximum atomic E-state index is 3.77. The first-order valence-corrected chi connectivity index (χ1v) is 11.6. The molecule has 1 aliphatic carbocycles. The summed E-state index contributed by atoms with van der Waals surface area (Å²) in [6, 6.07) is 22.0. The molecule has 0 bridgehead atoms. The molecule has 0 spiro atoms. The molecular formula is C27H39N. The van der Waals surface area contributed by atoms with Crippen molar-refractivity contribution in [1.82, 2.24) is 5.32 Å². The Bertz CT molecular complexity index is 588. The van der Waals surface area contributed by atoms with Gasteiger partial charge in [-0.1, -0.05) is 113 Å². The van der Waals surface area contributed by atoms with E-state index in [9.17, 15) is 0 Å². The fraction of sp³-hybridized carbons (Fsp3) is 0.556. The first-order chi connectivity index (χ1) is 13.8. The van der Waals surface area contributed by atoms with E-state index >= 15 is 0 Å². The van der Waals surface area contributed by atoms with Crippen molar-refractivity contribution in [3.05, 3.63) is 71.8 Å². The third kappa shape index (κ3) is 7.09. The molecule has 1 atom stereocenters. The minimum absolute atomic E-state index is 0.482. The van der Waals surface area contributed by atoms with E-state index in [1.807, 2.05) is 0 Å². The van der Waals surface area contributed by atoms with E-state index in [-0.39, 0.29) is 0 Å². The van der Waals surface area contributed by atoms with Crippen LogP contribution < -0.4 is 5.32 Å². The van der Waals surface area contributed by atoms with Crippen molar-refractivity contribution in [2.75, 3.05) is 13.1 Å². The number of benzene rings is 2. The van der Waals surface area contributed by atoms with Crippen LogP contribution in [-0.2, 0) is 0 Å². The van der Waals surface area contributed by atoms with Crippen LogP contribution in [-0.4, -0.2) is 13.1 Å². The Hall–Kier alpha value is -1.60. The average molecular weight is 378 g/mol. The molecule has 0 saturated heterocycles. The van der Waals surface area contributed by atoms with Gasteiger partial charge in [-0.25, -0.2) is 0 Å². The molecule has 1 aliphatic rings. The molecule has 3 rings (SSSR count). The van der Waals surface area contributed by atoms with Gasteiger partial charge in [0, 0.05) is 5.92 Å². The van der Waals surface area contributed by atoms with Gasteiger partial charge in [0.2, 0.25) is 0 Å². The number of hydrogen-bond donors (Lipinski definition) is 1. The summed E-state index contributed by atoms with van der Waals surface area (Å²) in [4.78, 5) is 0. The molecule has 152 valence electrons. The lowest BCUT2D eigenvalue weighted by Gasteiger charge is -2.24. The van der Waals surface area contributed by atoms with Crippen molar-refractivity contribution < 1.29 is 0 Å². The zero-order valence-electron chi connectivity index (χ0n) is 17.8. The second-order valence-corrected chi connectivity index (χ2v) is 8.92. The van der Waals surface area contributed by atoms with Crippen LogP contribution in [0.25, 0.3) is 0 Å². The first kappa shape index (κ1) is 21.1. The molecule has 1 heteroatoms. The van der Waals surface area contributed by atoms with Crippen LogP contribution in [0.3, 0.4) is 0 Å². The highest BCUT2D eigenvalue weighted by Crippen LogP contribution is 2.28. The van der Waals surface area contributed by atoms with Crippen LogP contribution in [0.1, 0.15) is 81.8 Å². The standard InChI is InChI=1S/C27H39N/c1-23(21-24-13-7-3-2-4-8-14-24)22-28-20-19-27(25-15-9-5-10-16-25)26-17-11-6-12-18-26/h5-6,9-12,15-18,23-24,27-28H,2-4,7-8,13-14,19-22H2,1H3. The lowest BCUT2D eigenvalue weighted by atomic mass is 9.85. The normalized spacial score (nSPS) is 17.2. The lowest BCUT2D eigenvalue weighted by molar-refractivity contribution is 0.307. The van der Waals surface area contributed by atoms with Crippen molar-refractivity contribution in [1.29, 1.82) is 0 Å². The summed E-state index contributed by atoms with van der Waals surface area (Å²) < 4.78 is 0. The maximum absolute atomic E-state index is 3.77. The maximum Gasteiger partial charge on any atom is 0.0101 e. The van der Waals surface area contributed by atoms with E-state index < -0.39 is 0 Å². The van der Waals surface area contributed by atoms with Gasteiger partial charge in [0.25, 0.3) is 0 Å². The third-order valence-electron chi connectivity index (χ3n) is 6.47. The van der Waals surface area contributed by atoms with E-state index in [0.717, 1.165) is 31.3 Å². The molecule has 0 aromatic heterocycles. The van der Waals surface area contributed by atoms with Gasteiger partial charge in [0.05, 0.1) is 0 Å². The summed E-state index contributed by atoms with van der Waals surface area (Å²) in [6.07, 6.45) is 12.8. The minimum Gasteiger partial charge on any atom is -0.316 e. The smallest absolute Gasteiger partial charge is 0.0101 e. The summed E-state index contributed by atoms with van der Waals surface area (Å²) in [7, 11) is 0. The van der Waals surface area contributed by atoms with E-state index in [4.69, 9.17) is 0 Å². The highest BCUT2D eigenvalue weighted by Gasteiger charge is 2.16. The van der Waals surface area contributed by atoms with Crippen LogP contribution in [0.15, 0.2) is 60.7 Å². The number of nitrogens with one attached hydrogen (secondary N) is 1. The molecule has 2 aromatic carbocycles. The predicted octanol–water partition coefficient (Wildman–Crippen LogP) is 7.18. The Morgan fingerprint density at radius 2 is 1.32 bits per heavy atom. The minimum atomic E-state index is 0.482. The summed E-state index contributed by atoms with van der Waals surface area (Å²) in [5.41, 5.74) is 2.86. The van der Waals surface area contributed by atoms with Gasteiger partial charge in [0.1, 0.15) is 0 Å². The molecule has 0 amide bonds. The van der Waals surface area contributed by atoms with Crippen molar-refractivity contribution in [2.45, 2.75) is 70.6 Å². The summed E-state index contributed by atoms with van der Waals surface area (Å²) >= 11 is 0. The molecule has 28 heavy (non-hydrogen) atoms. The number of hydrogen-bond acceptors (Lipinski definition) is 1. The largest absolute Gasteiger partial charge is 0.316 e. The van der Waals surface area contributed by atoms with Crippen molar-refractivity contribution in [2.24, 2.45) is 11.8 Å². The van der Waals surface area contributed by atoms with Crippen molar-refractivity contribution in [3.63, 3.8) is 0 Å². The zero-order valence-corrected chi connectivity index (χ0v) is 17.8. The average Bonchev–Trinajstić information content (AvgIpc) is 2.71. The van der Waals surface area contributed by atoms with Crippen molar-refractivity contribution in [3.8, 4) is 0 Å². The second kappa shape index (κ2) is 12.1. The predicted molar refractivity (Wildman–Crippen MR) is 122 cm³/mol. The van der Waals surface area contributed by atoms with Crippen LogP contribution in [0.4, 0.5) is 0 Å². The Labute approximate surface area is 173 Å². The van der Waals surface area contributed by atoms with E-state index in [2.05, 4.69) is 72.9 Å². The second-order valence-electron chi connectivity index (χ2n) is 8.92. The summed E-state index contributed by atoms with van der Waals surface area (Å²) in [5.74, 6) is 2.24. The van der Waals surface area contributed by atoms with E-state index in [0.29, 0.717) is 5.92 Å². The molecular weight excluding hydrogens is 338 g/mol. The van der Waals surface area contributed by atoms with Gasteiger partial charge >= 0.3 is 0 Å². The zero-order chi connectivity index (χ0) is 19.4. The van der Waals surface area contributed by atoms with Gasteiger partial charge in [-0.05, 0) is 48.9 Å². The fourth-order valence-electron chi connectivity index (χ4n) is 4.92. The Balaban J connectivity index is 1.45. The van der Waals surface area contributed by atoms with Crippen molar-refractivity contribution >= 4 is 0 Å². The fourth-order valence-corrected chi connectivity index (χ4v) is 4.92. The Morgan fingerprint density at radius 1 is 0.786 bits per heavy atom. The topological polar surface area (TPSA) is 12.0 Å². The monoisotopic (exact) mass is 377 g/mol. The highest BCUT2D eigenvalue weighted by molar-refractivity contribution is 5.32. The summed E-state index contributed by atoms with van der Waals surface area (Å²) in [5, 5.41) is 3.77. The molecule has 0 aliphatic heterocycles. The quantitative estimate of drug-likeness (QED) is 0.456. The van der Waals surface area contributed by atoms with Crippen LogP contribution in [0, 0.1) is 11.8 Å². The third-order valence-corrected chi connectivity index (χ3v) is 6.47. The first-order valence-electron chi connectivity index (χ1n) is 11.6. The lowest BCUT2D eigenvalue weighted by Crippen LogP contribution is -2.25. The van der Waals surface area contributed by atoms with Crippen LogP contribution in [0.5, 0.6) is 0 Å². The molecule has 1 nitrogen and oxygen atoms in total. The molecule has 1 N–H and O–H groups in total. The van der Waals surface area contributed by atoms with Gasteiger partial charge in [-0.3, -0.25) is 0 Å². The van der Waals surface area contributed by atoms with Gasteiger partial charge in [-0.2, -0.15) is 0 Å². The highest BCUT2D eigenvalue weighted by atomic mass is 14.9. The van der Waals surface area contributed by atoms with Crippen LogP contribution >= 0.6 is 0 Å². The molecule has 1 unspecified atom stereocenters. The summed E-state index contributed by atoms with van der Waals surface area (Å²) in [6.45, 7) is 4.69. The molecule has 1 saturated carbocycles. The molecule has 0 radical (unpaired) electrons. The van der Waals surface area contributed by atoms with E-state index in [1.54, 1.807) is 0 Å². The Kier molecular flexibility index (Phi) is 9.10.